The van der Waals surface area contributed by atoms with Crippen LogP contribution in [0.25, 0.3) is 22.7 Å². The Labute approximate surface area is 123 Å². The number of rotatable bonds is 1. The summed E-state index contributed by atoms with van der Waals surface area (Å²) in [6.45, 7) is 2.06. The lowest BCUT2D eigenvalue weighted by molar-refractivity contribution is 0.0731. The van der Waals surface area contributed by atoms with Gasteiger partial charge in [-0.3, -0.25) is 4.57 Å². The molecule has 1 N–H and O–H groups in total. The van der Waals surface area contributed by atoms with Gasteiger partial charge in [0.25, 0.3) is 0 Å². The van der Waals surface area contributed by atoms with E-state index in [1.54, 1.807) is 0 Å². The quantitative estimate of drug-likeness (QED) is 0.735. The number of nitrogens with zero attached hydrogens (tertiary/aromatic N) is 2. The minimum absolute atomic E-state index is 0.0255. The average Bonchev–Trinajstić information content (AvgIpc) is 2.90. The van der Waals surface area contributed by atoms with Crippen molar-refractivity contribution in [3.8, 4) is 0 Å². The fourth-order valence-corrected chi connectivity index (χ4v) is 3.07. The minimum atomic E-state index is -0.590. The van der Waals surface area contributed by atoms with Crippen LogP contribution in [0.15, 0.2) is 54.6 Å². The zero-order chi connectivity index (χ0) is 14.4. The normalized spacial score (nSPS) is 21.1. The fraction of sp³-hybridized carbons (Fsp3) is 0.167. The van der Waals surface area contributed by atoms with Crippen molar-refractivity contribution >= 4 is 22.7 Å². The van der Waals surface area contributed by atoms with Crippen molar-refractivity contribution < 1.29 is 5.11 Å². The van der Waals surface area contributed by atoms with Gasteiger partial charge in [-0.2, -0.15) is 0 Å². The molecule has 1 aliphatic rings. The van der Waals surface area contributed by atoms with Gasteiger partial charge in [-0.1, -0.05) is 49.4 Å². The highest BCUT2D eigenvalue weighted by molar-refractivity contribution is 5.87. The van der Waals surface area contributed by atoms with Crippen LogP contribution in [-0.2, 0) is 0 Å². The molecule has 0 saturated carbocycles. The lowest BCUT2D eigenvalue weighted by atomic mass is 9.90. The SMILES string of the molecule is CC1C(c2ccccc2)=Cc2nc3ccccc3n2C1O. The second-order valence-electron chi connectivity index (χ2n) is 5.50. The number of para-hydroxylation sites is 2. The lowest BCUT2D eigenvalue weighted by Crippen LogP contribution is -2.22. The van der Waals surface area contributed by atoms with Gasteiger partial charge in [0.2, 0.25) is 0 Å². The van der Waals surface area contributed by atoms with E-state index in [9.17, 15) is 5.11 Å². The Kier molecular flexibility index (Phi) is 2.69. The Balaban J connectivity index is 1.96. The molecule has 0 spiro atoms. The van der Waals surface area contributed by atoms with E-state index in [0.717, 1.165) is 28.0 Å². The second-order valence-corrected chi connectivity index (χ2v) is 5.50. The third-order valence-electron chi connectivity index (χ3n) is 4.22. The summed E-state index contributed by atoms with van der Waals surface area (Å²) in [7, 11) is 0. The molecule has 0 fully saturated rings. The highest BCUT2D eigenvalue weighted by atomic mass is 16.3. The summed E-state index contributed by atoms with van der Waals surface area (Å²) in [4.78, 5) is 4.64. The summed E-state index contributed by atoms with van der Waals surface area (Å²) in [5.74, 6) is 0.846. The van der Waals surface area contributed by atoms with Crippen LogP contribution in [0.4, 0.5) is 0 Å². The van der Waals surface area contributed by atoms with Crippen molar-refractivity contribution in [2.24, 2.45) is 5.92 Å². The van der Waals surface area contributed by atoms with Gasteiger partial charge in [-0.15, -0.1) is 0 Å². The van der Waals surface area contributed by atoms with Crippen molar-refractivity contribution in [1.29, 1.82) is 0 Å². The molecule has 0 amide bonds. The molecule has 1 aliphatic heterocycles. The first-order valence-corrected chi connectivity index (χ1v) is 7.18. The van der Waals surface area contributed by atoms with Crippen molar-refractivity contribution in [3.63, 3.8) is 0 Å². The third kappa shape index (κ3) is 1.82. The van der Waals surface area contributed by atoms with Crippen molar-refractivity contribution in [2.75, 3.05) is 0 Å². The predicted octanol–water partition coefficient (Wildman–Crippen LogP) is 3.72. The van der Waals surface area contributed by atoms with Crippen molar-refractivity contribution in [1.82, 2.24) is 9.55 Å². The molecule has 2 atom stereocenters. The molecule has 0 aliphatic carbocycles. The summed E-state index contributed by atoms with van der Waals surface area (Å²) in [5, 5.41) is 10.7. The highest BCUT2D eigenvalue weighted by Crippen LogP contribution is 2.38. The monoisotopic (exact) mass is 276 g/mol. The van der Waals surface area contributed by atoms with Gasteiger partial charge in [-0.05, 0) is 29.3 Å². The van der Waals surface area contributed by atoms with E-state index in [-0.39, 0.29) is 5.92 Å². The number of fused-ring (bicyclic) bond motifs is 3. The first-order valence-electron chi connectivity index (χ1n) is 7.18. The molecule has 0 radical (unpaired) electrons. The first kappa shape index (κ1) is 12.4. The Hall–Kier alpha value is -2.39. The molecule has 104 valence electrons. The van der Waals surface area contributed by atoms with Gasteiger partial charge in [0.1, 0.15) is 12.1 Å². The topological polar surface area (TPSA) is 38.0 Å². The number of hydrogen-bond donors (Lipinski definition) is 1. The maximum atomic E-state index is 10.7. The summed E-state index contributed by atoms with van der Waals surface area (Å²) in [6, 6.07) is 18.1. The van der Waals surface area contributed by atoms with Crippen LogP contribution in [0.2, 0.25) is 0 Å². The second kappa shape index (κ2) is 4.57. The van der Waals surface area contributed by atoms with E-state index in [2.05, 4.69) is 30.1 Å². The van der Waals surface area contributed by atoms with E-state index in [1.165, 1.54) is 0 Å². The van der Waals surface area contributed by atoms with Crippen LogP contribution in [0.5, 0.6) is 0 Å². The summed E-state index contributed by atoms with van der Waals surface area (Å²) in [6.07, 6.45) is 1.50. The van der Waals surface area contributed by atoms with Crippen LogP contribution in [0.1, 0.15) is 24.5 Å². The molecule has 0 saturated heterocycles. The Bertz CT molecular complexity index is 833. The summed E-state index contributed by atoms with van der Waals surface area (Å²) in [5.41, 5.74) is 4.17. The maximum absolute atomic E-state index is 10.7. The van der Waals surface area contributed by atoms with Crippen molar-refractivity contribution in [3.05, 3.63) is 66.0 Å². The van der Waals surface area contributed by atoms with Crippen LogP contribution in [-0.4, -0.2) is 14.7 Å². The van der Waals surface area contributed by atoms with Crippen LogP contribution >= 0.6 is 0 Å². The van der Waals surface area contributed by atoms with E-state index in [4.69, 9.17) is 0 Å². The summed E-state index contributed by atoms with van der Waals surface area (Å²) >= 11 is 0. The van der Waals surface area contributed by atoms with Crippen LogP contribution < -0.4 is 0 Å². The molecule has 2 aromatic carbocycles. The van der Waals surface area contributed by atoms with Crippen LogP contribution in [0, 0.1) is 5.92 Å². The number of aliphatic hydroxyl groups is 1. The highest BCUT2D eigenvalue weighted by Gasteiger charge is 2.29. The fourth-order valence-electron chi connectivity index (χ4n) is 3.07. The number of aliphatic hydroxyl groups excluding tert-OH is 1. The number of hydrogen-bond acceptors (Lipinski definition) is 2. The van der Waals surface area contributed by atoms with E-state index >= 15 is 0 Å². The van der Waals surface area contributed by atoms with Gasteiger partial charge in [0.05, 0.1) is 11.0 Å². The molecule has 3 heteroatoms. The zero-order valence-corrected chi connectivity index (χ0v) is 11.8. The first-order chi connectivity index (χ1) is 10.3. The van der Waals surface area contributed by atoms with Gasteiger partial charge in [-0.25, -0.2) is 4.98 Å². The molecule has 2 unspecified atom stereocenters. The minimum Gasteiger partial charge on any atom is -0.373 e. The molecular formula is C18H16N2O. The van der Waals surface area contributed by atoms with Crippen LogP contribution in [0.3, 0.4) is 0 Å². The smallest absolute Gasteiger partial charge is 0.139 e. The van der Waals surface area contributed by atoms with Crippen molar-refractivity contribution in [2.45, 2.75) is 13.2 Å². The molecule has 3 aromatic rings. The molecule has 0 bridgehead atoms. The Morgan fingerprint density at radius 3 is 2.52 bits per heavy atom. The van der Waals surface area contributed by atoms with Gasteiger partial charge >= 0.3 is 0 Å². The van der Waals surface area contributed by atoms with E-state index in [1.807, 2.05) is 47.0 Å². The number of aromatic nitrogens is 2. The molecule has 1 aromatic heterocycles. The summed E-state index contributed by atoms with van der Waals surface area (Å²) < 4.78 is 1.92. The third-order valence-corrected chi connectivity index (χ3v) is 4.22. The van der Waals surface area contributed by atoms with E-state index in [0.29, 0.717) is 0 Å². The predicted molar refractivity (Wildman–Crippen MR) is 84.5 cm³/mol. The lowest BCUT2D eigenvalue weighted by Gasteiger charge is -2.29. The molecule has 4 rings (SSSR count). The average molecular weight is 276 g/mol. The maximum Gasteiger partial charge on any atom is 0.139 e. The van der Waals surface area contributed by atoms with Gasteiger partial charge in [0, 0.05) is 5.92 Å². The van der Waals surface area contributed by atoms with Gasteiger partial charge in [0.15, 0.2) is 0 Å². The number of benzene rings is 2. The van der Waals surface area contributed by atoms with Gasteiger partial charge < -0.3 is 5.11 Å². The molecule has 2 heterocycles. The molecular weight excluding hydrogens is 260 g/mol. The molecule has 3 nitrogen and oxygen atoms in total. The largest absolute Gasteiger partial charge is 0.373 e. The van der Waals surface area contributed by atoms with E-state index < -0.39 is 6.23 Å². The Morgan fingerprint density at radius 2 is 1.71 bits per heavy atom. The molecule has 21 heavy (non-hydrogen) atoms. The number of imidazole rings is 1. The standard InChI is InChI=1S/C18H16N2O/c1-12-14(13-7-3-2-4-8-13)11-17-19-15-9-5-6-10-16(15)20(17)18(12)21/h2-12,18,21H,1H3. The Morgan fingerprint density at radius 1 is 1.00 bits per heavy atom. The zero-order valence-electron chi connectivity index (χ0n) is 11.8.